The van der Waals surface area contributed by atoms with Gasteiger partial charge in [-0.2, -0.15) is 0 Å². The highest BCUT2D eigenvalue weighted by Crippen LogP contribution is 2.41. The number of hydrogen-bond donors (Lipinski definition) is 0. The molecule has 1 atom stereocenters. The van der Waals surface area contributed by atoms with E-state index in [2.05, 4.69) is 19.6 Å². The van der Waals surface area contributed by atoms with E-state index in [9.17, 15) is 0 Å². The first-order valence-corrected chi connectivity index (χ1v) is 5.57. The van der Waals surface area contributed by atoms with E-state index >= 15 is 0 Å². The zero-order valence-corrected chi connectivity index (χ0v) is 9.08. The van der Waals surface area contributed by atoms with Crippen LogP contribution in [0.25, 0.3) is 5.57 Å². The first-order chi connectivity index (χ1) is 6.16. The summed E-state index contributed by atoms with van der Waals surface area (Å²) in [5.74, 6) is 0. The summed E-state index contributed by atoms with van der Waals surface area (Å²) in [6, 6.07) is 6.04. The molecule has 68 valence electrons. The molecule has 2 heteroatoms. The molecule has 0 N–H and O–H groups in total. The number of benzene rings is 1. The third-order valence-corrected chi connectivity index (χ3v) is 3.60. The molecule has 1 aromatic rings. The second kappa shape index (κ2) is 3.39. The molecule has 1 aromatic carbocycles. The van der Waals surface area contributed by atoms with Gasteiger partial charge in [0.1, 0.15) is 0 Å². The van der Waals surface area contributed by atoms with Crippen molar-refractivity contribution in [2.45, 2.75) is 23.5 Å². The zero-order valence-electron chi connectivity index (χ0n) is 7.51. The Balaban J connectivity index is 2.49. The maximum atomic E-state index is 5.93. The van der Waals surface area contributed by atoms with Crippen molar-refractivity contribution in [1.82, 2.24) is 0 Å². The van der Waals surface area contributed by atoms with Crippen molar-refractivity contribution >= 4 is 28.9 Å². The van der Waals surface area contributed by atoms with E-state index in [0.717, 1.165) is 11.4 Å². The molecule has 0 bridgehead atoms. The molecular weight excluding hydrogens is 200 g/mol. The Morgan fingerprint density at radius 2 is 2.31 bits per heavy atom. The van der Waals surface area contributed by atoms with Crippen LogP contribution in [0.5, 0.6) is 0 Å². The lowest BCUT2D eigenvalue weighted by Gasteiger charge is -2.22. The fourth-order valence-electron chi connectivity index (χ4n) is 1.60. The van der Waals surface area contributed by atoms with Crippen LogP contribution in [0.2, 0.25) is 5.02 Å². The quantitative estimate of drug-likeness (QED) is 0.618. The highest BCUT2D eigenvalue weighted by atomic mass is 35.5. The highest BCUT2D eigenvalue weighted by Gasteiger charge is 2.18. The van der Waals surface area contributed by atoms with E-state index in [0.29, 0.717) is 5.25 Å². The fourth-order valence-corrected chi connectivity index (χ4v) is 2.96. The number of halogens is 1. The summed E-state index contributed by atoms with van der Waals surface area (Å²) >= 11 is 7.83. The van der Waals surface area contributed by atoms with Gasteiger partial charge in [0.25, 0.3) is 0 Å². The standard InChI is InChI=1S/C11H11ClS/c1-7-5-8(2)13-11-4-3-9(12)6-10(7)11/h3-4,6,8H,1,5H2,2H3. The van der Waals surface area contributed by atoms with Crippen molar-refractivity contribution in [3.05, 3.63) is 35.4 Å². The van der Waals surface area contributed by atoms with Crippen molar-refractivity contribution in [3.8, 4) is 0 Å². The maximum absolute atomic E-state index is 5.93. The highest BCUT2D eigenvalue weighted by molar-refractivity contribution is 8.00. The van der Waals surface area contributed by atoms with Gasteiger partial charge in [-0.1, -0.05) is 25.1 Å². The first kappa shape index (κ1) is 9.17. The summed E-state index contributed by atoms with van der Waals surface area (Å²) in [5, 5.41) is 1.44. The van der Waals surface area contributed by atoms with Crippen LogP contribution in [-0.2, 0) is 0 Å². The molecule has 1 heterocycles. The summed E-state index contributed by atoms with van der Waals surface area (Å²) in [6.07, 6.45) is 1.07. The number of thioether (sulfide) groups is 1. The van der Waals surface area contributed by atoms with Crippen LogP contribution >= 0.6 is 23.4 Å². The minimum Gasteiger partial charge on any atom is -0.122 e. The third kappa shape index (κ3) is 1.77. The monoisotopic (exact) mass is 210 g/mol. The summed E-state index contributed by atoms with van der Waals surface area (Å²) in [7, 11) is 0. The Bertz CT molecular complexity index is 357. The third-order valence-electron chi connectivity index (χ3n) is 2.18. The molecule has 0 saturated carbocycles. The van der Waals surface area contributed by atoms with Crippen molar-refractivity contribution in [2.24, 2.45) is 0 Å². The molecule has 0 spiro atoms. The van der Waals surface area contributed by atoms with E-state index in [1.54, 1.807) is 0 Å². The van der Waals surface area contributed by atoms with E-state index in [-0.39, 0.29) is 0 Å². The molecule has 0 nitrogen and oxygen atoms in total. The second-order valence-corrected chi connectivity index (χ2v) is 5.29. The molecule has 0 radical (unpaired) electrons. The lowest BCUT2D eigenvalue weighted by atomic mass is 10.0. The van der Waals surface area contributed by atoms with Crippen molar-refractivity contribution in [1.29, 1.82) is 0 Å². The predicted molar refractivity (Wildman–Crippen MR) is 60.4 cm³/mol. The molecule has 2 rings (SSSR count). The Morgan fingerprint density at radius 1 is 1.54 bits per heavy atom. The summed E-state index contributed by atoms with van der Waals surface area (Å²) < 4.78 is 0. The molecule has 1 aliphatic rings. The van der Waals surface area contributed by atoms with Gasteiger partial charge in [-0.15, -0.1) is 11.8 Å². The smallest absolute Gasteiger partial charge is 0.0412 e. The van der Waals surface area contributed by atoms with Gasteiger partial charge in [0.2, 0.25) is 0 Å². The number of fused-ring (bicyclic) bond motifs is 1. The van der Waals surface area contributed by atoms with Crippen LogP contribution in [0.1, 0.15) is 18.9 Å². The lowest BCUT2D eigenvalue weighted by molar-refractivity contribution is 0.974. The fraction of sp³-hybridized carbons (Fsp3) is 0.273. The van der Waals surface area contributed by atoms with Crippen LogP contribution in [0.15, 0.2) is 29.7 Å². The van der Waals surface area contributed by atoms with Gasteiger partial charge in [0.15, 0.2) is 0 Å². The van der Waals surface area contributed by atoms with Crippen LogP contribution in [0.4, 0.5) is 0 Å². The Morgan fingerprint density at radius 3 is 3.08 bits per heavy atom. The van der Waals surface area contributed by atoms with Crippen LogP contribution in [0, 0.1) is 0 Å². The summed E-state index contributed by atoms with van der Waals surface area (Å²) in [4.78, 5) is 1.31. The Hall–Kier alpha value is -0.400. The van der Waals surface area contributed by atoms with E-state index < -0.39 is 0 Å². The Kier molecular flexibility index (Phi) is 2.39. The molecule has 13 heavy (non-hydrogen) atoms. The van der Waals surface area contributed by atoms with Gasteiger partial charge in [0, 0.05) is 15.2 Å². The maximum Gasteiger partial charge on any atom is 0.0412 e. The van der Waals surface area contributed by atoms with E-state index in [1.165, 1.54) is 16.0 Å². The van der Waals surface area contributed by atoms with Gasteiger partial charge in [-0.05, 0) is 35.8 Å². The van der Waals surface area contributed by atoms with Crippen LogP contribution in [0.3, 0.4) is 0 Å². The zero-order chi connectivity index (χ0) is 9.42. The second-order valence-electron chi connectivity index (χ2n) is 3.38. The van der Waals surface area contributed by atoms with Crippen LogP contribution < -0.4 is 0 Å². The topological polar surface area (TPSA) is 0 Å². The molecule has 0 fully saturated rings. The number of rotatable bonds is 0. The van der Waals surface area contributed by atoms with Crippen molar-refractivity contribution in [2.75, 3.05) is 0 Å². The molecular formula is C11H11ClS. The Labute approximate surface area is 88.0 Å². The van der Waals surface area contributed by atoms with Crippen molar-refractivity contribution in [3.63, 3.8) is 0 Å². The average Bonchev–Trinajstić information content (AvgIpc) is 2.06. The van der Waals surface area contributed by atoms with E-state index in [1.807, 2.05) is 23.9 Å². The molecule has 0 amide bonds. The van der Waals surface area contributed by atoms with Gasteiger partial charge < -0.3 is 0 Å². The minimum absolute atomic E-state index is 0.640. The molecule has 1 unspecified atom stereocenters. The van der Waals surface area contributed by atoms with Gasteiger partial charge in [0.05, 0.1) is 0 Å². The first-order valence-electron chi connectivity index (χ1n) is 4.31. The van der Waals surface area contributed by atoms with Crippen LogP contribution in [-0.4, -0.2) is 5.25 Å². The summed E-state index contributed by atoms with van der Waals surface area (Å²) in [5.41, 5.74) is 2.44. The van der Waals surface area contributed by atoms with Gasteiger partial charge in [-0.25, -0.2) is 0 Å². The van der Waals surface area contributed by atoms with E-state index in [4.69, 9.17) is 11.6 Å². The van der Waals surface area contributed by atoms with Gasteiger partial charge in [-0.3, -0.25) is 0 Å². The average molecular weight is 211 g/mol. The van der Waals surface area contributed by atoms with Crippen molar-refractivity contribution < 1.29 is 0 Å². The SMILES string of the molecule is C=C1CC(C)Sc2ccc(Cl)cc21. The number of hydrogen-bond acceptors (Lipinski definition) is 1. The molecule has 0 aromatic heterocycles. The minimum atomic E-state index is 0.640. The summed E-state index contributed by atoms with van der Waals surface area (Å²) in [6.45, 7) is 6.30. The molecule has 0 aliphatic carbocycles. The predicted octanol–water partition coefficient (Wildman–Crippen LogP) is 4.24. The molecule has 0 saturated heterocycles. The molecule has 1 aliphatic heterocycles. The lowest BCUT2D eigenvalue weighted by Crippen LogP contribution is -2.04. The number of allylic oxidation sites excluding steroid dienone is 1. The normalized spacial score (nSPS) is 21.4. The largest absolute Gasteiger partial charge is 0.122 e. The van der Waals surface area contributed by atoms with Gasteiger partial charge >= 0.3 is 0 Å².